The van der Waals surface area contributed by atoms with Gasteiger partial charge in [0.2, 0.25) is 0 Å². The molecule has 19 heavy (non-hydrogen) atoms. The van der Waals surface area contributed by atoms with Crippen LogP contribution in [0.15, 0.2) is 0 Å². The number of hydrogen-bond acceptors (Lipinski definition) is 3. The van der Waals surface area contributed by atoms with Crippen LogP contribution in [0.1, 0.15) is 72.6 Å². The predicted octanol–water partition coefficient (Wildman–Crippen LogP) is 3.89. The van der Waals surface area contributed by atoms with E-state index in [1.165, 1.54) is 12.8 Å². The highest BCUT2D eigenvalue weighted by atomic mass is 16.5. The number of carbonyl (C=O) groups excluding carboxylic acids is 2. The fraction of sp³-hybridized carbons (Fsp3) is 0.875. The van der Waals surface area contributed by atoms with Gasteiger partial charge in [0.25, 0.3) is 0 Å². The van der Waals surface area contributed by atoms with Crippen molar-refractivity contribution in [2.75, 3.05) is 0 Å². The van der Waals surface area contributed by atoms with Gasteiger partial charge in [-0.1, -0.05) is 27.2 Å². The zero-order valence-corrected chi connectivity index (χ0v) is 12.8. The Labute approximate surface area is 117 Å². The molecule has 1 aliphatic rings. The molecule has 1 fully saturated rings. The van der Waals surface area contributed by atoms with Crippen molar-refractivity contribution in [3.63, 3.8) is 0 Å². The van der Waals surface area contributed by atoms with Gasteiger partial charge >= 0.3 is 5.97 Å². The first-order chi connectivity index (χ1) is 8.84. The Morgan fingerprint density at radius 3 is 2.58 bits per heavy atom. The molecule has 0 radical (unpaired) electrons. The summed E-state index contributed by atoms with van der Waals surface area (Å²) in [7, 11) is 0. The maximum atomic E-state index is 11.7. The van der Waals surface area contributed by atoms with Crippen LogP contribution in [-0.2, 0) is 14.3 Å². The maximum absolute atomic E-state index is 11.7. The largest absolute Gasteiger partial charge is 0.462 e. The van der Waals surface area contributed by atoms with Crippen LogP contribution >= 0.6 is 0 Å². The minimum Gasteiger partial charge on any atom is -0.462 e. The molecule has 0 heterocycles. The summed E-state index contributed by atoms with van der Waals surface area (Å²) in [6.45, 7) is 8.38. The lowest BCUT2D eigenvalue weighted by atomic mass is 9.71. The van der Waals surface area contributed by atoms with Crippen LogP contribution in [0.4, 0.5) is 0 Å². The Kier molecular flexibility index (Phi) is 6.02. The van der Waals surface area contributed by atoms with E-state index in [2.05, 4.69) is 13.8 Å². The zero-order valence-electron chi connectivity index (χ0n) is 12.8. The lowest BCUT2D eigenvalue weighted by Gasteiger charge is -2.37. The summed E-state index contributed by atoms with van der Waals surface area (Å²) >= 11 is 0. The number of esters is 1. The predicted molar refractivity (Wildman–Crippen MR) is 75.8 cm³/mol. The lowest BCUT2D eigenvalue weighted by molar-refractivity contribution is -0.153. The Morgan fingerprint density at radius 2 is 2.00 bits per heavy atom. The Bertz CT molecular complexity index is 320. The molecular weight excluding hydrogens is 240 g/mol. The molecule has 1 rings (SSSR count). The summed E-state index contributed by atoms with van der Waals surface area (Å²) in [5, 5.41) is 0. The van der Waals surface area contributed by atoms with Gasteiger partial charge < -0.3 is 4.74 Å². The van der Waals surface area contributed by atoms with Crippen molar-refractivity contribution in [2.24, 2.45) is 11.3 Å². The molecular formula is C16H28O3. The molecule has 0 N–H and O–H groups in total. The molecule has 0 saturated heterocycles. The third-order valence-electron chi connectivity index (χ3n) is 4.23. The highest BCUT2D eigenvalue weighted by Gasteiger charge is 2.32. The second-order valence-electron chi connectivity index (χ2n) is 6.61. The quantitative estimate of drug-likeness (QED) is 0.686. The van der Waals surface area contributed by atoms with Crippen molar-refractivity contribution in [3.8, 4) is 0 Å². The van der Waals surface area contributed by atoms with Crippen LogP contribution in [0.5, 0.6) is 0 Å². The average molecular weight is 268 g/mol. The van der Waals surface area contributed by atoms with Gasteiger partial charge in [0.05, 0.1) is 6.42 Å². The van der Waals surface area contributed by atoms with Crippen molar-refractivity contribution >= 4 is 11.8 Å². The molecule has 2 atom stereocenters. The Balaban J connectivity index is 2.35. The van der Waals surface area contributed by atoms with E-state index < -0.39 is 0 Å². The summed E-state index contributed by atoms with van der Waals surface area (Å²) in [6.07, 6.45) is 5.76. The maximum Gasteiger partial charge on any atom is 0.306 e. The molecule has 0 aromatic rings. The summed E-state index contributed by atoms with van der Waals surface area (Å²) < 4.78 is 5.49. The fourth-order valence-corrected chi connectivity index (χ4v) is 2.94. The van der Waals surface area contributed by atoms with Gasteiger partial charge in [-0.05, 0) is 37.5 Å². The second kappa shape index (κ2) is 7.06. The van der Waals surface area contributed by atoms with Gasteiger partial charge in [-0.25, -0.2) is 0 Å². The molecule has 0 aliphatic heterocycles. The highest BCUT2D eigenvalue weighted by Crippen LogP contribution is 2.40. The first-order valence-electron chi connectivity index (χ1n) is 7.55. The molecule has 1 unspecified atom stereocenters. The molecule has 0 aromatic carbocycles. The first-order valence-corrected chi connectivity index (χ1v) is 7.55. The van der Waals surface area contributed by atoms with Crippen molar-refractivity contribution in [1.82, 2.24) is 0 Å². The van der Waals surface area contributed by atoms with Crippen LogP contribution in [-0.4, -0.2) is 17.9 Å². The van der Waals surface area contributed by atoms with Crippen molar-refractivity contribution in [1.29, 1.82) is 0 Å². The van der Waals surface area contributed by atoms with E-state index >= 15 is 0 Å². The average Bonchev–Trinajstić information content (AvgIpc) is 2.34. The van der Waals surface area contributed by atoms with E-state index in [0.717, 1.165) is 12.8 Å². The third-order valence-corrected chi connectivity index (χ3v) is 4.23. The highest BCUT2D eigenvalue weighted by molar-refractivity contribution is 5.82. The Hall–Kier alpha value is -0.860. The third kappa shape index (κ3) is 5.75. The molecule has 0 bridgehead atoms. The SMILES string of the molecule is CCC(=O)CCC(=O)O[C@@H](C)C1CCCC(C)(C)C1. The standard InChI is InChI=1S/C16H28O3/c1-5-14(17)8-9-15(18)19-12(2)13-7-6-10-16(3,4)11-13/h12-13H,5-11H2,1-4H3/t12-,13?/m0/s1. The molecule has 3 nitrogen and oxygen atoms in total. The molecule has 3 heteroatoms. The van der Waals surface area contributed by atoms with Gasteiger partial charge in [-0.3, -0.25) is 9.59 Å². The molecule has 1 saturated carbocycles. The minimum atomic E-state index is -0.224. The van der Waals surface area contributed by atoms with E-state index in [1.807, 2.05) is 13.8 Å². The number of ether oxygens (including phenoxy) is 1. The fourth-order valence-electron chi connectivity index (χ4n) is 2.94. The summed E-state index contributed by atoms with van der Waals surface area (Å²) in [4.78, 5) is 22.9. The van der Waals surface area contributed by atoms with E-state index in [1.54, 1.807) is 0 Å². The second-order valence-corrected chi connectivity index (χ2v) is 6.61. The van der Waals surface area contributed by atoms with Crippen LogP contribution in [0, 0.1) is 11.3 Å². The number of rotatable bonds is 6. The van der Waals surface area contributed by atoms with E-state index in [-0.39, 0.29) is 24.3 Å². The number of Topliss-reactive ketones (excluding diaryl/α,β-unsaturated/α-hetero) is 1. The zero-order chi connectivity index (χ0) is 14.5. The van der Waals surface area contributed by atoms with Gasteiger partial charge in [0.1, 0.15) is 11.9 Å². The van der Waals surface area contributed by atoms with Gasteiger partial charge in [-0.2, -0.15) is 0 Å². The van der Waals surface area contributed by atoms with Crippen LogP contribution in [0.2, 0.25) is 0 Å². The van der Waals surface area contributed by atoms with Crippen LogP contribution in [0.25, 0.3) is 0 Å². The summed E-state index contributed by atoms with van der Waals surface area (Å²) in [5.74, 6) is 0.371. The normalized spacial score (nSPS) is 23.7. The molecule has 0 aromatic heterocycles. The molecule has 1 aliphatic carbocycles. The van der Waals surface area contributed by atoms with Crippen molar-refractivity contribution in [3.05, 3.63) is 0 Å². The smallest absolute Gasteiger partial charge is 0.306 e. The molecule has 110 valence electrons. The monoisotopic (exact) mass is 268 g/mol. The van der Waals surface area contributed by atoms with Crippen molar-refractivity contribution < 1.29 is 14.3 Å². The van der Waals surface area contributed by atoms with Gasteiger partial charge in [0.15, 0.2) is 0 Å². The van der Waals surface area contributed by atoms with E-state index in [4.69, 9.17) is 4.74 Å². The number of carbonyl (C=O) groups is 2. The van der Waals surface area contributed by atoms with Crippen LogP contribution in [0.3, 0.4) is 0 Å². The van der Waals surface area contributed by atoms with Gasteiger partial charge in [0, 0.05) is 12.8 Å². The first kappa shape index (κ1) is 16.2. The molecule has 0 spiro atoms. The van der Waals surface area contributed by atoms with E-state index in [0.29, 0.717) is 24.2 Å². The van der Waals surface area contributed by atoms with Crippen LogP contribution < -0.4 is 0 Å². The van der Waals surface area contributed by atoms with Crippen molar-refractivity contribution in [2.45, 2.75) is 78.7 Å². The number of hydrogen-bond donors (Lipinski definition) is 0. The molecule has 0 amide bonds. The minimum absolute atomic E-state index is 0.0243. The summed E-state index contributed by atoms with van der Waals surface area (Å²) in [6, 6.07) is 0. The topological polar surface area (TPSA) is 43.4 Å². The number of ketones is 1. The lowest BCUT2D eigenvalue weighted by Crippen LogP contribution is -2.32. The summed E-state index contributed by atoms with van der Waals surface area (Å²) in [5.41, 5.74) is 0.363. The van der Waals surface area contributed by atoms with E-state index in [9.17, 15) is 9.59 Å². The van der Waals surface area contributed by atoms with Gasteiger partial charge in [-0.15, -0.1) is 0 Å². The Morgan fingerprint density at radius 1 is 1.32 bits per heavy atom.